The lowest BCUT2D eigenvalue weighted by Crippen LogP contribution is -2.35. The first kappa shape index (κ1) is 19.6. The van der Waals surface area contributed by atoms with Gasteiger partial charge in [-0.15, -0.1) is 0 Å². The summed E-state index contributed by atoms with van der Waals surface area (Å²) >= 11 is 0. The van der Waals surface area contributed by atoms with Crippen molar-refractivity contribution < 1.29 is 17.9 Å². The fraction of sp³-hybridized carbons (Fsp3) is 0.611. The molecule has 0 spiro atoms. The number of sulfonamides is 1. The SMILES string of the molecule is COc1ccc(N(C)S(C)(=O)=O)cc1C(=O)NC1CCCCCCC1. The molecule has 0 atom stereocenters. The Labute approximate surface area is 150 Å². The molecule has 1 fully saturated rings. The van der Waals surface area contributed by atoms with E-state index in [0.29, 0.717) is 17.0 Å². The number of hydrogen-bond donors (Lipinski definition) is 1. The van der Waals surface area contributed by atoms with E-state index < -0.39 is 10.0 Å². The van der Waals surface area contributed by atoms with Crippen molar-refractivity contribution in [1.29, 1.82) is 0 Å². The van der Waals surface area contributed by atoms with Gasteiger partial charge < -0.3 is 10.1 Å². The second kappa shape index (κ2) is 8.56. The van der Waals surface area contributed by atoms with Crippen molar-refractivity contribution in [1.82, 2.24) is 5.32 Å². The molecule has 1 amide bonds. The van der Waals surface area contributed by atoms with Gasteiger partial charge in [0.25, 0.3) is 5.91 Å². The van der Waals surface area contributed by atoms with Crippen molar-refractivity contribution in [2.24, 2.45) is 0 Å². The lowest BCUT2D eigenvalue weighted by Gasteiger charge is -2.22. The largest absolute Gasteiger partial charge is 0.496 e. The Kier molecular flexibility index (Phi) is 6.70. The molecule has 1 aliphatic carbocycles. The molecule has 25 heavy (non-hydrogen) atoms. The molecule has 0 radical (unpaired) electrons. The van der Waals surface area contributed by atoms with E-state index >= 15 is 0 Å². The molecule has 0 bridgehead atoms. The quantitative estimate of drug-likeness (QED) is 0.867. The van der Waals surface area contributed by atoms with Gasteiger partial charge in [0.05, 0.1) is 24.6 Å². The molecular formula is C18H28N2O4S. The molecule has 140 valence electrons. The van der Waals surface area contributed by atoms with Crippen LogP contribution in [0.25, 0.3) is 0 Å². The summed E-state index contributed by atoms with van der Waals surface area (Å²) < 4.78 is 29.9. The molecule has 0 aromatic heterocycles. The van der Waals surface area contributed by atoms with Gasteiger partial charge >= 0.3 is 0 Å². The number of benzene rings is 1. The van der Waals surface area contributed by atoms with Crippen LogP contribution in [0.5, 0.6) is 5.75 Å². The van der Waals surface area contributed by atoms with Crippen LogP contribution in [0, 0.1) is 0 Å². The maximum Gasteiger partial charge on any atom is 0.255 e. The second-order valence-corrected chi connectivity index (χ2v) is 8.64. The number of amides is 1. The first-order valence-corrected chi connectivity index (χ1v) is 10.6. The zero-order valence-corrected chi connectivity index (χ0v) is 16.1. The number of hydrogen-bond acceptors (Lipinski definition) is 4. The maximum absolute atomic E-state index is 12.8. The highest BCUT2D eigenvalue weighted by molar-refractivity contribution is 7.92. The Hall–Kier alpha value is -1.76. The Morgan fingerprint density at radius 1 is 1.16 bits per heavy atom. The van der Waals surface area contributed by atoms with E-state index in [4.69, 9.17) is 4.74 Å². The van der Waals surface area contributed by atoms with Crippen LogP contribution in [0.4, 0.5) is 5.69 Å². The third kappa shape index (κ3) is 5.36. The molecule has 2 rings (SSSR count). The van der Waals surface area contributed by atoms with Crippen LogP contribution >= 0.6 is 0 Å². The lowest BCUT2D eigenvalue weighted by molar-refractivity contribution is 0.0927. The predicted molar refractivity (Wildman–Crippen MR) is 99.8 cm³/mol. The highest BCUT2D eigenvalue weighted by Gasteiger charge is 2.20. The number of rotatable bonds is 5. The second-order valence-electron chi connectivity index (χ2n) is 6.63. The normalized spacial score (nSPS) is 16.6. The van der Waals surface area contributed by atoms with Crippen molar-refractivity contribution in [2.45, 2.75) is 51.0 Å². The van der Waals surface area contributed by atoms with E-state index in [1.807, 2.05) is 0 Å². The van der Waals surface area contributed by atoms with Gasteiger partial charge in [-0.3, -0.25) is 9.10 Å². The lowest BCUT2D eigenvalue weighted by atomic mass is 9.96. The monoisotopic (exact) mass is 368 g/mol. The molecule has 0 aliphatic heterocycles. The number of carbonyl (C=O) groups is 1. The van der Waals surface area contributed by atoms with Gasteiger partial charge in [-0.05, 0) is 31.0 Å². The van der Waals surface area contributed by atoms with Crippen molar-refractivity contribution in [3.63, 3.8) is 0 Å². The summed E-state index contributed by atoms with van der Waals surface area (Å²) in [6.45, 7) is 0. The summed E-state index contributed by atoms with van der Waals surface area (Å²) in [4.78, 5) is 12.8. The van der Waals surface area contributed by atoms with Gasteiger partial charge in [-0.25, -0.2) is 8.42 Å². The summed E-state index contributed by atoms with van der Waals surface area (Å²) in [5, 5.41) is 3.10. The van der Waals surface area contributed by atoms with Crippen LogP contribution in [-0.2, 0) is 10.0 Å². The van der Waals surface area contributed by atoms with Crippen LogP contribution in [0.3, 0.4) is 0 Å². The molecule has 1 aromatic rings. The van der Waals surface area contributed by atoms with Crippen LogP contribution in [-0.4, -0.2) is 40.8 Å². The van der Waals surface area contributed by atoms with Crippen LogP contribution in [0.15, 0.2) is 18.2 Å². The predicted octanol–water partition coefficient (Wildman–Crippen LogP) is 2.93. The van der Waals surface area contributed by atoms with E-state index in [-0.39, 0.29) is 11.9 Å². The summed E-state index contributed by atoms with van der Waals surface area (Å²) in [5.74, 6) is 0.222. The number of nitrogens with one attached hydrogen (secondary N) is 1. The fourth-order valence-corrected chi connectivity index (χ4v) is 3.62. The first-order chi connectivity index (χ1) is 11.8. The molecular weight excluding hydrogens is 340 g/mol. The van der Waals surface area contributed by atoms with E-state index in [9.17, 15) is 13.2 Å². The zero-order chi connectivity index (χ0) is 18.4. The minimum Gasteiger partial charge on any atom is -0.496 e. The molecule has 1 saturated carbocycles. The third-order valence-electron chi connectivity index (χ3n) is 4.73. The smallest absolute Gasteiger partial charge is 0.255 e. The molecule has 6 nitrogen and oxygen atoms in total. The number of methoxy groups -OCH3 is 1. The summed E-state index contributed by atoms with van der Waals surface area (Å²) in [7, 11) is -0.425. The van der Waals surface area contributed by atoms with Crippen LogP contribution in [0.1, 0.15) is 55.3 Å². The average Bonchev–Trinajstić information content (AvgIpc) is 2.55. The third-order valence-corrected chi connectivity index (χ3v) is 5.93. The summed E-state index contributed by atoms with van der Waals surface area (Å²) in [5.41, 5.74) is 0.795. The molecule has 7 heteroatoms. The van der Waals surface area contributed by atoms with Crippen LogP contribution < -0.4 is 14.4 Å². The van der Waals surface area contributed by atoms with E-state index in [0.717, 1.165) is 36.2 Å². The van der Waals surface area contributed by atoms with Crippen molar-refractivity contribution in [3.8, 4) is 5.75 Å². The summed E-state index contributed by atoms with van der Waals surface area (Å²) in [6.07, 6.45) is 9.04. The maximum atomic E-state index is 12.8. The molecule has 1 aromatic carbocycles. The fourth-order valence-electron chi connectivity index (χ4n) is 3.12. The van der Waals surface area contributed by atoms with Crippen LogP contribution in [0.2, 0.25) is 0 Å². The molecule has 1 aliphatic rings. The number of ether oxygens (including phenoxy) is 1. The van der Waals surface area contributed by atoms with Gasteiger partial charge in [-0.1, -0.05) is 32.1 Å². The number of anilines is 1. The van der Waals surface area contributed by atoms with Crippen molar-refractivity contribution >= 4 is 21.6 Å². The van der Waals surface area contributed by atoms with Gasteiger partial charge in [-0.2, -0.15) is 0 Å². The molecule has 1 N–H and O–H groups in total. The average molecular weight is 368 g/mol. The van der Waals surface area contributed by atoms with Crippen molar-refractivity contribution in [2.75, 3.05) is 24.7 Å². The topological polar surface area (TPSA) is 75.7 Å². The first-order valence-electron chi connectivity index (χ1n) is 8.75. The van der Waals surface area contributed by atoms with E-state index in [1.165, 1.54) is 33.4 Å². The Morgan fingerprint density at radius 2 is 1.76 bits per heavy atom. The minimum absolute atomic E-state index is 0.161. The Bertz CT molecular complexity index is 695. The van der Waals surface area contributed by atoms with Gasteiger partial charge in [0, 0.05) is 13.1 Å². The minimum atomic E-state index is -3.39. The number of carbonyl (C=O) groups excluding carboxylic acids is 1. The Balaban J connectivity index is 2.21. The van der Waals surface area contributed by atoms with Gasteiger partial charge in [0.2, 0.25) is 10.0 Å². The highest BCUT2D eigenvalue weighted by Crippen LogP contribution is 2.26. The van der Waals surface area contributed by atoms with Crippen molar-refractivity contribution in [3.05, 3.63) is 23.8 Å². The zero-order valence-electron chi connectivity index (χ0n) is 15.2. The Morgan fingerprint density at radius 3 is 2.32 bits per heavy atom. The molecule has 0 heterocycles. The molecule has 0 unspecified atom stereocenters. The number of nitrogens with zero attached hydrogens (tertiary/aromatic N) is 1. The van der Waals surface area contributed by atoms with Gasteiger partial charge in [0.1, 0.15) is 5.75 Å². The summed E-state index contributed by atoms with van der Waals surface area (Å²) in [6, 6.07) is 4.99. The van der Waals surface area contributed by atoms with E-state index in [2.05, 4.69) is 5.32 Å². The van der Waals surface area contributed by atoms with E-state index in [1.54, 1.807) is 18.2 Å². The molecule has 0 saturated heterocycles. The highest BCUT2D eigenvalue weighted by atomic mass is 32.2. The standard InChI is InChI=1S/C18H28N2O4S/c1-20(25(3,22)23)15-11-12-17(24-2)16(13-15)18(21)19-14-9-7-5-4-6-8-10-14/h11-14H,4-10H2,1-3H3,(H,19,21). The van der Waals surface area contributed by atoms with Gasteiger partial charge in [0.15, 0.2) is 0 Å².